The van der Waals surface area contributed by atoms with E-state index in [1.807, 2.05) is 0 Å². The molecule has 0 aromatic rings. The molecule has 22 heavy (non-hydrogen) atoms. The smallest absolute Gasteiger partial charge is 0.309 e. The molecule has 0 spiro atoms. The highest BCUT2D eigenvalue weighted by Gasteiger charge is 2.33. The van der Waals surface area contributed by atoms with E-state index in [-0.39, 0.29) is 37.1 Å². The summed E-state index contributed by atoms with van der Waals surface area (Å²) in [6, 6.07) is 0. The molecule has 2 aliphatic carbocycles. The Kier molecular flexibility index (Phi) is 9.08. The van der Waals surface area contributed by atoms with Crippen molar-refractivity contribution in [3.63, 3.8) is 0 Å². The maximum atomic E-state index is 12.0. The van der Waals surface area contributed by atoms with Gasteiger partial charge in [0.1, 0.15) is 6.10 Å². The van der Waals surface area contributed by atoms with Crippen LogP contribution in [0.5, 0.6) is 0 Å². The minimum atomic E-state index is -0.773. The summed E-state index contributed by atoms with van der Waals surface area (Å²) in [5.41, 5.74) is 0. The molecule has 128 valence electrons. The Bertz CT molecular complexity index is 336. The van der Waals surface area contributed by atoms with Gasteiger partial charge in [-0.3, -0.25) is 9.59 Å². The third-order valence-electron chi connectivity index (χ3n) is 4.29. The van der Waals surface area contributed by atoms with E-state index in [4.69, 9.17) is 20.1 Å². The molecular weight excluding hydrogens is 288 g/mol. The second kappa shape index (κ2) is 10.6. The molecule has 0 radical (unpaired) electrons. The Morgan fingerprint density at radius 1 is 0.864 bits per heavy atom. The van der Waals surface area contributed by atoms with Crippen LogP contribution in [-0.2, 0) is 14.3 Å². The average Bonchev–Trinajstić information content (AvgIpc) is 2.56. The van der Waals surface area contributed by atoms with Crippen molar-refractivity contribution >= 4 is 11.9 Å². The molecule has 2 fully saturated rings. The molecule has 0 amide bonds. The Morgan fingerprint density at radius 3 is 2.00 bits per heavy atom. The second-order valence-electron chi connectivity index (χ2n) is 6.04. The maximum Gasteiger partial charge on any atom is 0.309 e. The molecule has 0 aliphatic heterocycles. The van der Waals surface area contributed by atoms with E-state index >= 15 is 0 Å². The number of hydrogen-bond donors (Lipinski definition) is 3. The summed E-state index contributed by atoms with van der Waals surface area (Å²) in [6.07, 6.45) is 8.30. The van der Waals surface area contributed by atoms with Crippen molar-refractivity contribution in [3.8, 4) is 0 Å². The van der Waals surface area contributed by atoms with Crippen LogP contribution in [-0.4, -0.2) is 46.6 Å². The van der Waals surface area contributed by atoms with Crippen LogP contribution in [0.25, 0.3) is 0 Å². The van der Waals surface area contributed by atoms with Crippen molar-refractivity contribution in [1.29, 1.82) is 0 Å². The van der Waals surface area contributed by atoms with E-state index in [0.717, 1.165) is 38.5 Å². The molecule has 2 unspecified atom stereocenters. The van der Waals surface area contributed by atoms with Gasteiger partial charge in [0.25, 0.3) is 0 Å². The molecule has 0 aromatic heterocycles. The number of carboxylic acids is 1. The molecule has 0 aromatic carbocycles. The van der Waals surface area contributed by atoms with Gasteiger partial charge >= 0.3 is 11.9 Å². The fraction of sp³-hybridized carbons (Fsp3) is 0.875. The Balaban J connectivity index is 0.000000541. The van der Waals surface area contributed by atoms with Gasteiger partial charge in [0, 0.05) is 0 Å². The van der Waals surface area contributed by atoms with Gasteiger partial charge in [-0.15, -0.1) is 0 Å². The fourth-order valence-electron chi connectivity index (χ4n) is 3.07. The quantitative estimate of drug-likeness (QED) is 0.682. The highest BCUT2D eigenvalue weighted by Crippen LogP contribution is 2.31. The number of carbonyl (C=O) groups is 2. The monoisotopic (exact) mass is 316 g/mol. The van der Waals surface area contributed by atoms with Gasteiger partial charge in [-0.1, -0.05) is 12.8 Å². The van der Waals surface area contributed by atoms with Gasteiger partial charge in [-0.2, -0.15) is 0 Å². The zero-order chi connectivity index (χ0) is 16.4. The van der Waals surface area contributed by atoms with Crippen LogP contribution < -0.4 is 0 Å². The lowest BCUT2D eigenvalue weighted by atomic mass is 9.81. The van der Waals surface area contributed by atoms with E-state index < -0.39 is 5.97 Å². The Morgan fingerprint density at radius 2 is 1.45 bits per heavy atom. The lowest BCUT2D eigenvalue weighted by molar-refractivity contribution is -0.158. The standard InChI is InChI=1S/C14H22O4.C2H6O2/c15-13(16)10-5-4-6-11(9-10)14(17)18-12-7-2-1-3-8-12;3-1-2-4/h10-12H,1-9H2,(H,15,16);3-4H,1-2H2. The topological polar surface area (TPSA) is 104 Å². The van der Waals surface area contributed by atoms with Gasteiger partial charge in [0.05, 0.1) is 25.0 Å². The van der Waals surface area contributed by atoms with Gasteiger partial charge in [-0.25, -0.2) is 0 Å². The minimum Gasteiger partial charge on any atom is -0.481 e. The molecule has 2 rings (SSSR count). The van der Waals surface area contributed by atoms with Crippen LogP contribution in [0.1, 0.15) is 57.8 Å². The Hall–Kier alpha value is -1.14. The lowest BCUT2D eigenvalue weighted by Crippen LogP contribution is -2.31. The van der Waals surface area contributed by atoms with Gasteiger partial charge in [-0.05, 0) is 44.9 Å². The number of aliphatic hydroxyl groups excluding tert-OH is 2. The summed E-state index contributed by atoms with van der Waals surface area (Å²) in [6.45, 7) is -0.250. The van der Waals surface area contributed by atoms with Gasteiger partial charge in [0.2, 0.25) is 0 Å². The van der Waals surface area contributed by atoms with Crippen LogP contribution in [0.3, 0.4) is 0 Å². The van der Waals surface area contributed by atoms with Crippen molar-refractivity contribution in [3.05, 3.63) is 0 Å². The van der Waals surface area contributed by atoms with Crippen LogP contribution in [0.15, 0.2) is 0 Å². The predicted octanol–water partition coefficient (Wildman–Crippen LogP) is 1.72. The molecular formula is C16H28O6. The third kappa shape index (κ3) is 6.75. The van der Waals surface area contributed by atoms with E-state index in [2.05, 4.69) is 0 Å². The highest BCUT2D eigenvalue weighted by molar-refractivity contribution is 5.75. The average molecular weight is 316 g/mol. The van der Waals surface area contributed by atoms with Crippen LogP contribution in [0.4, 0.5) is 0 Å². The third-order valence-corrected chi connectivity index (χ3v) is 4.29. The van der Waals surface area contributed by atoms with Crippen molar-refractivity contribution in [1.82, 2.24) is 0 Å². The molecule has 6 nitrogen and oxygen atoms in total. The number of esters is 1. The first-order valence-electron chi connectivity index (χ1n) is 8.23. The predicted molar refractivity (Wildman–Crippen MR) is 80.2 cm³/mol. The van der Waals surface area contributed by atoms with E-state index in [9.17, 15) is 9.59 Å². The molecule has 2 saturated carbocycles. The summed E-state index contributed by atoms with van der Waals surface area (Å²) in [5, 5.41) is 24.3. The number of aliphatic hydroxyl groups is 2. The summed E-state index contributed by atoms with van der Waals surface area (Å²) >= 11 is 0. The number of rotatable bonds is 4. The van der Waals surface area contributed by atoms with Crippen molar-refractivity contribution < 1.29 is 29.6 Å². The first kappa shape index (κ1) is 18.9. The number of aliphatic carboxylic acids is 1. The van der Waals surface area contributed by atoms with E-state index in [1.165, 1.54) is 6.42 Å². The molecule has 2 atom stereocenters. The van der Waals surface area contributed by atoms with E-state index in [0.29, 0.717) is 12.8 Å². The fourth-order valence-corrected chi connectivity index (χ4v) is 3.07. The lowest BCUT2D eigenvalue weighted by Gasteiger charge is -2.28. The minimum absolute atomic E-state index is 0.0801. The number of carbonyl (C=O) groups excluding carboxylic acids is 1. The first-order valence-corrected chi connectivity index (χ1v) is 8.23. The zero-order valence-corrected chi connectivity index (χ0v) is 13.1. The van der Waals surface area contributed by atoms with Crippen molar-refractivity contribution in [2.45, 2.75) is 63.9 Å². The normalized spacial score (nSPS) is 25.7. The molecule has 3 N–H and O–H groups in total. The summed E-state index contributed by atoms with van der Waals surface area (Å²) < 4.78 is 5.53. The summed E-state index contributed by atoms with van der Waals surface area (Å²) in [7, 11) is 0. The summed E-state index contributed by atoms with van der Waals surface area (Å²) in [4.78, 5) is 23.0. The molecule has 0 saturated heterocycles. The number of ether oxygens (including phenoxy) is 1. The molecule has 0 heterocycles. The van der Waals surface area contributed by atoms with Gasteiger partial charge < -0.3 is 20.1 Å². The van der Waals surface area contributed by atoms with Crippen molar-refractivity contribution in [2.24, 2.45) is 11.8 Å². The van der Waals surface area contributed by atoms with Crippen LogP contribution in [0.2, 0.25) is 0 Å². The largest absolute Gasteiger partial charge is 0.481 e. The van der Waals surface area contributed by atoms with Crippen LogP contribution in [0, 0.1) is 11.8 Å². The maximum absolute atomic E-state index is 12.0. The zero-order valence-electron chi connectivity index (χ0n) is 13.1. The number of hydrogen-bond acceptors (Lipinski definition) is 5. The van der Waals surface area contributed by atoms with Gasteiger partial charge in [0.15, 0.2) is 0 Å². The number of carboxylic acid groups (broad SMARTS) is 1. The molecule has 0 bridgehead atoms. The van der Waals surface area contributed by atoms with Crippen LogP contribution >= 0.6 is 0 Å². The summed E-state index contributed by atoms with van der Waals surface area (Å²) in [5.74, 6) is -1.48. The first-order chi connectivity index (χ1) is 10.6. The van der Waals surface area contributed by atoms with Crippen molar-refractivity contribution in [2.75, 3.05) is 13.2 Å². The SMILES string of the molecule is O=C(O)C1CCCC(C(=O)OC2CCCCC2)C1.OCCO. The molecule has 2 aliphatic rings. The Labute approximate surface area is 131 Å². The molecule has 6 heteroatoms. The van der Waals surface area contributed by atoms with E-state index in [1.54, 1.807) is 0 Å². The second-order valence-corrected chi connectivity index (χ2v) is 6.04. The highest BCUT2D eigenvalue weighted by atomic mass is 16.5.